The lowest BCUT2D eigenvalue weighted by Crippen LogP contribution is -2.33. The van der Waals surface area contributed by atoms with Crippen molar-refractivity contribution in [1.29, 1.82) is 0 Å². The molecule has 146 valence electrons. The fourth-order valence-corrected chi connectivity index (χ4v) is 3.72. The highest BCUT2D eigenvalue weighted by molar-refractivity contribution is 7.14. The van der Waals surface area contributed by atoms with E-state index < -0.39 is 17.8 Å². The molecule has 0 saturated carbocycles. The van der Waals surface area contributed by atoms with Gasteiger partial charge < -0.3 is 0 Å². The first-order valence-corrected chi connectivity index (χ1v) is 9.79. The predicted molar refractivity (Wildman–Crippen MR) is 104 cm³/mol. The average Bonchev–Trinajstić information content (AvgIpc) is 3.21. The lowest BCUT2D eigenvalue weighted by molar-refractivity contribution is -0.143. The van der Waals surface area contributed by atoms with Gasteiger partial charge in [-0.15, -0.1) is 11.3 Å². The molecule has 0 radical (unpaired) electrons. The van der Waals surface area contributed by atoms with Crippen molar-refractivity contribution >= 4 is 45.9 Å². The average molecular weight is 400 g/mol. The Labute approximate surface area is 166 Å². The molecule has 0 bridgehead atoms. The van der Waals surface area contributed by atoms with Gasteiger partial charge >= 0.3 is 17.8 Å². The number of imide groups is 2. The summed E-state index contributed by atoms with van der Waals surface area (Å²) in [7, 11) is 0. The second-order valence-corrected chi connectivity index (χ2v) is 7.13. The van der Waals surface area contributed by atoms with Gasteiger partial charge in [-0.3, -0.25) is 24.2 Å². The van der Waals surface area contributed by atoms with Gasteiger partial charge in [-0.1, -0.05) is 31.5 Å². The zero-order valence-corrected chi connectivity index (χ0v) is 16.4. The largest absolute Gasteiger partial charge is 0.334 e. The Balaban J connectivity index is 1.79. The zero-order chi connectivity index (χ0) is 20.3. The van der Waals surface area contributed by atoms with Gasteiger partial charge in [0.25, 0.3) is 0 Å². The molecule has 8 nitrogen and oxygen atoms in total. The smallest absolute Gasteiger partial charge is 0.274 e. The van der Waals surface area contributed by atoms with Crippen LogP contribution in [-0.2, 0) is 20.9 Å². The Hall–Kier alpha value is -3.07. The lowest BCUT2D eigenvalue weighted by atomic mass is 10.3. The number of amides is 5. The molecule has 0 unspecified atom stereocenters. The summed E-state index contributed by atoms with van der Waals surface area (Å²) >= 11 is 1.23. The minimum absolute atomic E-state index is 0.108. The number of anilines is 2. The number of thiazole rings is 1. The summed E-state index contributed by atoms with van der Waals surface area (Å²) in [6.45, 7) is 3.49. The first-order valence-electron chi connectivity index (χ1n) is 8.91. The number of para-hydroxylation sites is 1. The molecule has 0 spiro atoms. The van der Waals surface area contributed by atoms with Crippen molar-refractivity contribution in [3.05, 3.63) is 41.4 Å². The SMILES string of the molecule is CCCCN1C(=O)C(=O)N(Cc2csc(N(C(C)=O)c3ccccc3)n2)C1=O. The number of carbonyl (C=O) groups excluding carboxylic acids is 4. The van der Waals surface area contributed by atoms with Crippen molar-refractivity contribution in [2.75, 3.05) is 11.4 Å². The summed E-state index contributed by atoms with van der Waals surface area (Å²) in [5, 5.41) is 2.11. The predicted octanol–water partition coefficient (Wildman–Crippen LogP) is 2.92. The van der Waals surface area contributed by atoms with Crippen LogP contribution < -0.4 is 4.90 Å². The highest BCUT2D eigenvalue weighted by atomic mass is 32.1. The molecule has 1 aromatic carbocycles. The Morgan fingerprint density at radius 1 is 1.11 bits per heavy atom. The Morgan fingerprint density at radius 2 is 1.79 bits per heavy atom. The maximum Gasteiger partial charge on any atom is 0.334 e. The van der Waals surface area contributed by atoms with E-state index in [4.69, 9.17) is 0 Å². The van der Waals surface area contributed by atoms with E-state index in [2.05, 4.69) is 4.98 Å². The molecular formula is C19H20N4O4S. The lowest BCUT2D eigenvalue weighted by Gasteiger charge is -2.18. The molecule has 1 fully saturated rings. The third kappa shape index (κ3) is 3.79. The van der Waals surface area contributed by atoms with Crippen LogP contribution in [0.1, 0.15) is 32.4 Å². The Bertz CT molecular complexity index is 912. The molecule has 1 aromatic heterocycles. The van der Waals surface area contributed by atoms with E-state index in [9.17, 15) is 19.2 Å². The molecule has 28 heavy (non-hydrogen) atoms. The Kier molecular flexibility index (Phi) is 5.84. The fraction of sp³-hybridized carbons (Fsp3) is 0.316. The number of rotatable bonds is 7. The molecule has 0 aliphatic carbocycles. The number of urea groups is 1. The van der Waals surface area contributed by atoms with Crippen LogP contribution in [-0.4, -0.2) is 45.1 Å². The van der Waals surface area contributed by atoms with Crippen LogP contribution in [0, 0.1) is 0 Å². The van der Waals surface area contributed by atoms with Gasteiger partial charge in [0.2, 0.25) is 5.91 Å². The molecule has 3 rings (SSSR count). The normalized spacial score (nSPS) is 14.1. The molecule has 1 aliphatic heterocycles. The Morgan fingerprint density at radius 3 is 2.43 bits per heavy atom. The summed E-state index contributed by atoms with van der Waals surface area (Å²) in [6, 6.07) is 8.45. The maximum atomic E-state index is 12.4. The van der Waals surface area contributed by atoms with Crippen molar-refractivity contribution in [3.63, 3.8) is 0 Å². The minimum atomic E-state index is -0.845. The summed E-state index contributed by atoms with van der Waals surface area (Å²) in [4.78, 5) is 56.5. The molecule has 9 heteroatoms. The third-order valence-electron chi connectivity index (χ3n) is 4.25. The number of nitrogens with zero attached hydrogens (tertiary/aromatic N) is 4. The van der Waals surface area contributed by atoms with Crippen molar-refractivity contribution < 1.29 is 19.2 Å². The maximum absolute atomic E-state index is 12.4. The van der Waals surface area contributed by atoms with E-state index in [1.807, 2.05) is 25.1 Å². The van der Waals surface area contributed by atoms with Gasteiger partial charge in [0.15, 0.2) is 5.13 Å². The van der Waals surface area contributed by atoms with Crippen LogP contribution in [0.5, 0.6) is 0 Å². The number of hydrogen-bond donors (Lipinski definition) is 0. The second-order valence-electron chi connectivity index (χ2n) is 6.30. The number of benzene rings is 1. The molecule has 2 aromatic rings. The monoisotopic (exact) mass is 400 g/mol. The first-order chi connectivity index (χ1) is 13.4. The van der Waals surface area contributed by atoms with Crippen LogP contribution in [0.3, 0.4) is 0 Å². The van der Waals surface area contributed by atoms with E-state index in [0.717, 1.165) is 16.2 Å². The van der Waals surface area contributed by atoms with Crippen molar-refractivity contribution in [2.24, 2.45) is 0 Å². The molecule has 5 amide bonds. The molecule has 0 N–H and O–H groups in total. The number of aromatic nitrogens is 1. The van der Waals surface area contributed by atoms with Crippen LogP contribution in [0.2, 0.25) is 0 Å². The minimum Gasteiger partial charge on any atom is -0.274 e. The fourth-order valence-electron chi connectivity index (χ4n) is 2.84. The highest BCUT2D eigenvalue weighted by Gasteiger charge is 2.44. The van der Waals surface area contributed by atoms with Gasteiger partial charge in [0.1, 0.15) is 0 Å². The standard InChI is InChI=1S/C19H20N4O4S/c1-3-4-10-21-16(25)17(26)22(19(21)27)11-14-12-28-18(20-14)23(13(2)24)15-8-6-5-7-9-15/h5-9,12H,3-4,10-11H2,1-2H3. The van der Waals surface area contributed by atoms with Crippen molar-refractivity contribution in [3.8, 4) is 0 Å². The molecule has 1 aliphatic rings. The quantitative estimate of drug-likeness (QED) is 0.526. The molecule has 0 atom stereocenters. The van der Waals surface area contributed by atoms with Crippen molar-refractivity contribution in [1.82, 2.24) is 14.8 Å². The third-order valence-corrected chi connectivity index (χ3v) is 5.13. The van der Waals surface area contributed by atoms with Crippen LogP contribution in [0.25, 0.3) is 0 Å². The first kappa shape index (κ1) is 19.7. The summed E-state index contributed by atoms with van der Waals surface area (Å²) in [5.74, 6) is -1.85. The van der Waals surface area contributed by atoms with Gasteiger partial charge in [0.05, 0.1) is 17.9 Å². The van der Waals surface area contributed by atoms with E-state index in [1.165, 1.54) is 23.2 Å². The van der Waals surface area contributed by atoms with Gasteiger partial charge in [-0.25, -0.2) is 14.7 Å². The van der Waals surface area contributed by atoms with Gasteiger partial charge in [-0.2, -0.15) is 0 Å². The van der Waals surface area contributed by atoms with Crippen LogP contribution in [0.15, 0.2) is 35.7 Å². The van der Waals surface area contributed by atoms with Crippen LogP contribution >= 0.6 is 11.3 Å². The van der Waals surface area contributed by atoms with E-state index in [1.54, 1.807) is 17.5 Å². The van der Waals surface area contributed by atoms with E-state index in [0.29, 0.717) is 22.9 Å². The summed E-state index contributed by atoms with van der Waals surface area (Å²) in [6.07, 6.45) is 1.45. The highest BCUT2D eigenvalue weighted by Crippen LogP contribution is 2.29. The number of hydrogen-bond acceptors (Lipinski definition) is 6. The van der Waals surface area contributed by atoms with E-state index >= 15 is 0 Å². The second kappa shape index (κ2) is 8.30. The topological polar surface area (TPSA) is 90.9 Å². The van der Waals surface area contributed by atoms with Crippen LogP contribution in [0.4, 0.5) is 15.6 Å². The summed E-state index contributed by atoms with van der Waals surface area (Å²) in [5.41, 5.74) is 1.11. The van der Waals surface area contributed by atoms with E-state index in [-0.39, 0.29) is 19.0 Å². The molecule has 2 heterocycles. The molecular weight excluding hydrogens is 380 g/mol. The van der Waals surface area contributed by atoms with Gasteiger partial charge in [0, 0.05) is 18.8 Å². The molecule has 1 saturated heterocycles. The van der Waals surface area contributed by atoms with Gasteiger partial charge in [-0.05, 0) is 18.6 Å². The van der Waals surface area contributed by atoms with Crippen molar-refractivity contribution in [2.45, 2.75) is 33.2 Å². The summed E-state index contributed by atoms with van der Waals surface area (Å²) < 4.78 is 0. The number of carbonyl (C=O) groups is 4. The number of unbranched alkanes of at least 4 members (excludes halogenated alkanes) is 1. The zero-order valence-electron chi connectivity index (χ0n) is 15.6.